The summed E-state index contributed by atoms with van der Waals surface area (Å²) in [6, 6.07) is 18.3. The van der Waals surface area contributed by atoms with Crippen LogP contribution >= 0.6 is 0 Å². The first-order valence-electron chi connectivity index (χ1n) is 7.06. The topological polar surface area (TPSA) is 93.6 Å². The minimum atomic E-state index is -2.60. The van der Waals surface area contributed by atoms with Gasteiger partial charge in [0.05, 0.1) is 5.56 Å². The fraction of sp³-hybridized carbons (Fsp3) is 0. The van der Waals surface area contributed by atoms with E-state index in [2.05, 4.69) is 4.79 Å². The van der Waals surface area contributed by atoms with Crippen molar-refractivity contribution < 1.29 is 18.3 Å². The van der Waals surface area contributed by atoms with Crippen LogP contribution < -0.4 is 0 Å². The van der Waals surface area contributed by atoms with E-state index in [1.807, 2.05) is 0 Å². The maximum Gasteiger partial charge on any atom is 0.371 e. The van der Waals surface area contributed by atoms with Crippen molar-refractivity contribution in [3.8, 4) is 0 Å². The number of carbonyl (C=O) groups excluding carboxylic acids is 1. The third-order valence-electron chi connectivity index (χ3n) is 3.65. The molecule has 0 radical (unpaired) electrons. The van der Waals surface area contributed by atoms with Gasteiger partial charge in [-0.05, 0) is 27.9 Å². The van der Waals surface area contributed by atoms with Gasteiger partial charge in [-0.15, -0.1) is 0 Å². The van der Waals surface area contributed by atoms with Gasteiger partial charge in [0.25, 0.3) is 5.78 Å². The summed E-state index contributed by atoms with van der Waals surface area (Å²) in [6.45, 7) is 0. The molecular formula is C18H11N2O3S-. The van der Waals surface area contributed by atoms with Crippen LogP contribution in [0.2, 0.25) is 0 Å². The lowest BCUT2D eigenvalue weighted by atomic mass is 9.98. The van der Waals surface area contributed by atoms with Crippen molar-refractivity contribution in [2.75, 3.05) is 0 Å². The molecule has 0 aliphatic carbocycles. The van der Waals surface area contributed by atoms with Gasteiger partial charge in [0, 0.05) is 10.5 Å². The maximum absolute atomic E-state index is 12.6. The van der Waals surface area contributed by atoms with Crippen molar-refractivity contribution in [1.29, 1.82) is 0 Å². The quantitative estimate of drug-likeness (QED) is 0.241. The Morgan fingerprint density at radius 3 is 2.29 bits per heavy atom. The van der Waals surface area contributed by atoms with Gasteiger partial charge in [-0.25, -0.2) is 0 Å². The highest BCUT2D eigenvalue weighted by Crippen LogP contribution is 2.26. The zero-order valence-corrected chi connectivity index (χ0v) is 13.2. The van der Waals surface area contributed by atoms with Crippen LogP contribution in [0.3, 0.4) is 0 Å². The second-order valence-corrected chi connectivity index (χ2v) is 5.92. The average molecular weight is 335 g/mol. The van der Waals surface area contributed by atoms with Gasteiger partial charge in [-0.3, -0.25) is 9.00 Å². The number of carbonyl (C=O) groups is 1. The Morgan fingerprint density at radius 1 is 0.958 bits per heavy atom. The van der Waals surface area contributed by atoms with E-state index in [1.165, 1.54) is 6.07 Å². The van der Waals surface area contributed by atoms with E-state index in [0.717, 1.165) is 0 Å². The van der Waals surface area contributed by atoms with Gasteiger partial charge < -0.3 is 10.1 Å². The molecule has 0 spiro atoms. The molecule has 3 aromatic rings. The molecule has 1 unspecified atom stereocenters. The van der Waals surface area contributed by atoms with Crippen LogP contribution in [-0.4, -0.2) is 25.0 Å². The first kappa shape index (κ1) is 16.0. The van der Waals surface area contributed by atoms with Gasteiger partial charge in [0.1, 0.15) is 0 Å². The molecule has 0 amide bonds. The van der Waals surface area contributed by atoms with Crippen molar-refractivity contribution in [2.45, 2.75) is 4.90 Å². The molecule has 0 aliphatic rings. The SMILES string of the molecule is [N-]=[N+]=C(C(=O)c1ccccc1)c1ccc2ccccc2c1S(=O)[O-]. The number of nitrogens with zero attached hydrogens (tertiary/aromatic N) is 2. The monoisotopic (exact) mass is 335 g/mol. The zero-order valence-electron chi connectivity index (χ0n) is 12.4. The molecule has 3 rings (SSSR count). The summed E-state index contributed by atoms with van der Waals surface area (Å²) in [6.07, 6.45) is 0. The Bertz CT molecular complexity index is 1010. The minimum Gasteiger partial charge on any atom is -0.768 e. The summed E-state index contributed by atoms with van der Waals surface area (Å²) in [5.41, 5.74) is 9.42. The van der Waals surface area contributed by atoms with E-state index in [4.69, 9.17) is 0 Å². The van der Waals surface area contributed by atoms with Gasteiger partial charge >= 0.3 is 5.71 Å². The van der Waals surface area contributed by atoms with Crippen molar-refractivity contribution in [1.82, 2.24) is 0 Å². The number of rotatable bonds is 4. The number of fused-ring (bicyclic) bond motifs is 1. The van der Waals surface area contributed by atoms with E-state index in [1.54, 1.807) is 60.7 Å². The van der Waals surface area contributed by atoms with Crippen LogP contribution in [0.25, 0.3) is 16.3 Å². The van der Waals surface area contributed by atoms with E-state index in [-0.39, 0.29) is 16.2 Å². The van der Waals surface area contributed by atoms with Crippen molar-refractivity contribution in [3.05, 3.63) is 83.4 Å². The Labute approximate surface area is 140 Å². The lowest BCUT2D eigenvalue weighted by Crippen LogP contribution is -2.19. The fourth-order valence-electron chi connectivity index (χ4n) is 2.56. The predicted molar refractivity (Wildman–Crippen MR) is 89.6 cm³/mol. The Morgan fingerprint density at radius 2 is 1.62 bits per heavy atom. The second kappa shape index (κ2) is 6.68. The summed E-state index contributed by atoms with van der Waals surface area (Å²) >= 11 is -2.60. The standard InChI is InChI=1S/C18H12N2O3S/c19-20-16(17(21)13-7-2-1-3-8-13)15-11-10-12-6-4-5-9-14(12)18(15)24(22)23/h1-11H,(H,22,23)/p-1. The third-order valence-corrected chi connectivity index (χ3v) is 4.43. The highest BCUT2D eigenvalue weighted by atomic mass is 32.2. The van der Waals surface area contributed by atoms with E-state index in [0.29, 0.717) is 16.3 Å². The van der Waals surface area contributed by atoms with Crippen LogP contribution in [0, 0.1) is 0 Å². The highest BCUT2D eigenvalue weighted by molar-refractivity contribution is 7.79. The molecule has 0 aromatic heterocycles. The van der Waals surface area contributed by atoms with E-state index < -0.39 is 16.9 Å². The third kappa shape index (κ3) is 2.81. The van der Waals surface area contributed by atoms with Gasteiger partial charge in [0.15, 0.2) is 0 Å². The largest absolute Gasteiger partial charge is 0.768 e. The summed E-state index contributed by atoms with van der Waals surface area (Å²) < 4.78 is 23.5. The Kier molecular flexibility index (Phi) is 4.44. The van der Waals surface area contributed by atoms with Crippen molar-refractivity contribution >= 4 is 33.3 Å². The molecular weight excluding hydrogens is 324 g/mol. The van der Waals surface area contributed by atoms with Crippen molar-refractivity contribution in [2.24, 2.45) is 0 Å². The maximum atomic E-state index is 12.6. The lowest BCUT2D eigenvalue weighted by Gasteiger charge is -2.12. The van der Waals surface area contributed by atoms with Crippen LogP contribution in [0.15, 0.2) is 71.6 Å². The molecule has 118 valence electrons. The summed E-state index contributed by atoms with van der Waals surface area (Å²) in [5.74, 6) is -0.555. The van der Waals surface area contributed by atoms with Crippen LogP contribution in [-0.2, 0) is 11.1 Å². The predicted octanol–water partition coefficient (Wildman–Crippen LogP) is 2.98. The number of benzene rings is 3. The fourth-order valence-corrected chi connectivity index (χ4v) is 3.27. The normalized spacial score (nSPS) is 11.7. The smallest absolute Gasteiger partial charge is 0.371 e. The number of hydrogen-bond acceptors (Lipinski definition) is 3. The first-order chi connectivity index (χ1) is 11.6. The van der Waals surface area contributed by atoms with Crippen molar-refractivity contribution in [3.63, 3.8) is 0 Å². The molecule has 0 heterocycles. The van der Waals surface area contributed by atoms with Crippen LogP contribution in [0.4, 0.5) is 0 Å². The molecule has 0 saturated carbocycles. The molecule has 5 nitrogen and oxygen atoms in total. The summed E-state index contributed by atoms with van der Waals surface area (Å²) in [7, 11) is 0. The first-order valence-corrected chi connectivity index (χ1v) is 8.14. The van der Waals surface area contributed by atoms with E-state index >= 15 is 0 Å². The molecule has 0 saturated heterocycles. The molecule has 24 heavy (non-hydrogen) atoms. The zero-order chi connectivity index (χ0) is 17.1. The van der Waals surface area contributed by atoms with Gasteiger partial charge in [-0.2, -0.15) is 4.79 Å². The number of hydrogen-bond donors (Lipinski definition) is 0. The molecule has 0 N–H and O–H groups in total. The highest BCUT2D eigenvalue weighted by Gasteiger charge is 2.28. The molecule has 3 aromatic carbocycles. The Hall–Kier alpha value is -2.92. The minimum absolute atomic E-state index is 0.0646. The lowest BCUT2D eigenvalue weighted by molar-refractivity contribution is -0.00517. The van der Waals surface area contributed by atoms with Crippen LogP contribution in [0.1, 0.15) is 15.9 Å². The van der Waals surface area contributed by atoms with Gasteiger partial charge in [0.2, 0.25) is 0 Å². The second-order valence-electron chi connectivity index (χ2n) is 5.04. The summed E-state index contributed by atoms with van der Waals surface area (Å²) in [5, 5.41) is 1.18. The molecule has 6 heteroatoms. The Balaban J connectivity index is 2.24. The number of ketones is 1. The summed E-state index contributed by atoms with van der Waals surface area (Å²) in [4.78, 5) is 15.6. The van der Waals surface area contributed by atoms with Crippen LogP contribution in [0.5, 0.6) is 0 Å². The number of Topliss-reactive ketones (excluding diaryl/α,β-unsaturated/α-hetero) is 1. The van der Waals surface area contributed by atoms with Gasteiger partial charge in [-0.1, -0.05) is 60.7 Å². The average Bonchev–Trinajstić information content (AvgIpc) is 2.62. The molecule has 0 aliphatic heterocycles. The molecule has 0 fully saturated rings. The van der Waals surface area contributed by atoms with E-state index in [9.17, 15) is 19.1 Å². The molecule has 0 bridgehead atoms. The molecule has 1 atom stereocenters.